The van der Waals surface area contributed by atoms with Gasteiger partial charge in [0, 0.05) is 12.0 Å². The molecule has 0 spiro atoms. The number of ether oxygens (including phenoxy) is 1. The summed E-state index contributed by atoms with van der Waals surface area (Å²) in [6.45, 7) is 3.20. The van der Waals surface area contributed by atoms with Gasteiger partial charge in [-0.1, -0.05) is 13.3 Å². The second-order valence-electron chi connectivity index (χ2n) is 2.86. The lowest BCUT2D eigenvalue weighted by Gasteiger charge is -1.98. The summed E-state index contributed by atoms with van der Waals surface area (Å²) >= 11 is 1.13. The van der Waals surface area contributed by atoms with Gasteiger partial charge in [-0.25, -0.2) is 9.78 Å². The average molecular weight is 215 g/mol. The Balaban J connectivity index is 2.33. The summed E-state index contributed by atoms with van der Waals surface area (Å²) in [5.74, 6) is -0.977. The number of rotatable bonds is 6. The number of carboxylic acids is 1. The number of carboxylic acid groups (broad SMARTS) is 1. The highest BCUT2D eigenvalue weighted by atomic mass is 32.1. The summed E-state index contributed by atoms with van der Waals surface area (Å²) in [5.41, 5.74) is 0.698. The van der Waals surface area contributed by atoms with Crippen molar-refractivity contribution in [3.05, 3.63) is 16.1 Å². The zero-order valence-electron chi connectivity index (χ0n) is 8.02. The molecule has 1 aromatic rings. The Kier molecular flexibility index (Phi) is 4.55. The third-order valence-electron chi connectivity index (χ3n) is 1.63. The van der Waals surface area contributed by atoms with Crippen molar-refractivity contribution >= 4 is 17.3 Å². The number of nitrogens with zero attached hydrogens (tertiary/aromatic N) is 1. The maximum atomic E-state index is 10.5. The molecule has 0 aromatic carbocycles. The van der Waals surface area contributed by atoms with Crippen molar-refractivity contribution in [3.8, 4) is 0 Å². The first-order chi connectivity index (χ1) is 6.74. The van der Waals surface area contributed by atoms with Gasteiger partial charge in [-0.15, -0.1) is 11.3 Å². The number of thiazole rings is 1. The molecule has 1 heterocycles. The Morgan fingerprint density at radius 2 is 2.50 bits per heavy atom. The smallest absolute Gasteiger partial charge is 0.365 e. The fourth-order valence-corrected chi connectivity index (χ4v) is 1.53. The molecule has 0 unspecified atom stereocenters. The average Bonchev–Trinajstić information content (AvgIpc) is 2.61. The van der Waals surface area contributed by atoms with Crippen LogP contribution in [0.4, 0.5) is 0 Å². The zero-order valence-corrected chi connectivity index (χ0v) is 8.84. The molecule has 14 heavy (non-hydrogen) atoms. The molecule has 0 bridgehead atoms. The van der Waals surface area contributed by atoms with E-state index in [4.69, 9.17) is 9.84 Å². The third-order valence-corrected chi connectivity index (χ3v) is 2.51. The van der Waals surface area contributed by atoms with Crippen LogP contribution in [-0.2, 0) is 11.3 Å². The van der Waals surface area contributed by atoms with Crippen LogP contribution < -0.4 is 0 Å². The molecule has 78 valence electrons. The van der Waals surface area contributed by atoms with Gasteiger partial charge in [0.15, 0.2) is 0 Å². The molecule has 0 radical (unpaired) electrons. The standard InChI is InChI=1S/C9H13NO3S/c1-2-3-4-13-5-7-6-14-8(10-7)9(11)12/h6H,2-5H2,1H3,(H,11,12). The molecular weight excluding hydrogens is 202 g/mol. The van der Waals surface area contributed by atoms with Gasteiger partial charge in [-0.05, 0) is 6.42 Å². The molecule has 0 fully saturated rings. The Morgan fingerprint density at radius 1 is 1.71 bits per heavy atom. The van der Waals surface area contributed by atoms with Crippen LogP contribution in [0.1, 0.15) is 35.3 Å². The summed E-state index contributed by atoms with van der Waals surface area (Å²) in [4.78, 5) is 14.4. The molecule has 0 aliphatic heterocycles. The minimum Gasteiger partial charge on any atom is -0.476 e. The fraction of sp³-hybridized carbons (Fsp3) is 0.556. The van der Waals surface area contributed by atoms with Crippen molar-refractivity contribution < 1.29 is 14.6 Å². The normalized spacial score (nSPS) is 10.4. The summed E-state index contributed by atoms with van der Waals surface area (Å²) in [6, 6.07) is 0. The first-order valence-corrected chi connectivity index (χ1v) is 5.37. The van der Waals surface area contributed by atoms with Crippen LogP contribution in [0.2, 0.25) is 0 Å². The van der Waals surface area contributed by atoms with Crippen molar-refractivity contribution in [1.29, 1.82) is 0 Å². The van der Waals surface area contributed by atoms with Crippen LogP contribution >= 0.6 is 11.3 Å². The molecule has 1 rings (SSSR count). The van der Waals surface area contributed by atoms with Gasteiger partial charge in [-0.3, -0.25) is 0 Å². The highest BCUT2D eigenvalue weighted by Gasteiger charge is 2.08. The maximum Gasteiger partial charge on any atom is 0.365 e. The van der Waals surface area contributed by atoms with E-state index in [9.17, 15) is 4.79 Å². The molecule has 4 nitrogen and oxygen atoms in total. The molecule has 0 aliphatic carbocycles. The van der Waals surface area contributed by atoms with E-state index in [0.717, 1.165) is 24.2 Å². The largest absolute Gasteiger partial charge is 0.476 e. The van der Waals surface area contributed by atoms with Gasteiger partial charge >= 0.3 is 5.97 Å². The van der Waals surface area contributed by atoms with E-state index in [1.807, 2.05) is 0 Å². The molecule has 1 aromatic heterocycles. The fourth-order valence-electron chi connectivity index (χ4n) is 0.895. The molecule has 0 aliphatic rings. The van der Waals surface area contributed by atoms with Crippen LogP contribution in [0.15, 0.2) is 5.38 Å². The molecule has 0 amide bonds. The van der Waals surface area contributed by atoms with E-state index in [2.05, 4.69) is 11.9 Å². The van der Waals surface area contributed by atoms with E-state index in [-0.39, 0.29) is 5.01 Å². The summed E-state index contributed by atoms with van der Waals surface area (Å²) in [6.07, 6.45) is 2.12. The van der Waals surface area contributed by atoms with Crippen LogP contribution in [0.25, 0.3) is 0 Å². The first-order valence-electron chi connectivity index (χ1n) is 4.49. The van der Waals surface area contributed by atoms with Crippen molar-refractivity contribution in [1.82, 2.24) is 4.98 Å². The number of unbranched alkanes of at least 4 members (excludes halogenated alkanes) is 1. The predicted molar refractivity (Wildman–Crippen MR) is 53.6 cm³/mol. The summed E-state index contributed by atoms with van der Waals surface area (Å²) in [5, 5.41) is 10.5. The minimum absolute atomic E-state index is 0.124. The van der Waals surface area contributed by atoms with Crippen molar-refractivity contribution in [3.63, 3.8) is 0 Å². The number of hydrogen-bond acceptors (Lipinski definition) is 4. The number of aromatic nitrogens is 1. The lowest BCUT2D eigenvalue weighted by atomic mass is 10.4. The quantitative estimate of drug-likeness (QED) is 0.739. The van der Waals surface area contributed by atoms with Crippen LogP contribution in [0, 0.1) is 0 Å². The van der Waals surface area contributed by atoms with Crippen LogP contribution in [0.3, 0.4) is 0 Å². The second kappa shape index (κ2) is 5.72. The number of carbonyl (C=O) groups is 1. The van der Waals surface area contributed by atoms with Gasteiger partial charge in [0.2, 0.25) is 5.01 Å². The minimum atomic E-state index is -0.977. The van der Waals surface area contributed by atoms with Crippen LogP contribution in [-0.4, -0.2) is 22.7 Å². The van der Waals surface area contributed by atoms with E-state index < -0.39 is 5.97 Å². The Labute approximate surface area is 86.6 Å². The molecule has 5 heteroatoms. The zero-order chi connectivity index (χ0) is 10.4. The summed E-state index contributed by atoms with van der Waals surface area (Å²) < 4.78 is 5.30. The lowest BCUT2D eigenvalue weighted by Crippen LogP contribution is -1.98. The van der Waals surface area contributed by atoms with Crippen molar-refractivity contribution in [2.45, 2.75) is 26.4 Å². The molecule has 0 saturated heterocycles. The maximum absolute atomic E-state index is 10.5. The Morgan fingerprint density at radius 3 is 3.07 bits per heavy atom. The first kappa shape index (κ1) is 11.1. The number of aromatic carboxylic acids is 1. The second-order valence-corrected chi connectivity index (χ2v) is 3.71. The van der Waals surface area contributed by atoms with Crippen molar-refractivity contribution in [2.75, 3.05) is 6.61 Å². The van der Waals surface area contributed by atoms with E-state index in [1.54, 1.807) is 5.38 Å². The number of hydrogen-bond donors (Lipinski definition) is 1. The Bertz CT molecular complexity index is 298. The van der Waals surface area contributed by atoms with E-state index in [0.29, 0.717) is 18.9 Å². The van der Waals surface area contributed by atoms with Crippen molar-refractivity contribution in [2.24, 2.45) is 0 Å². The van der Waals surface area contributed by atoms with Crippen LogP contribution in [0.5, 0.6) is 0 Å². The monoisotopic (exact) mass is 215 g/mol. The highest BCUT2D eigenvalue weighted by molar-refractivity contribution is 7.11. The van der Waals surface area contributed by atoms with Gasteiger partial charge < -0.3 is 9.84 Å². The molecule has 1 N–H and O–H groups in total. The topological polar surface area (TPSA) is 59.4 Å². The van der Waals surface area contributed by atoms with Gasteiger partial charge in [0.25, 0.3) is 0 Å². The van der Waals surface area contributed by atoms with Gasteiger partial charge in [-0.2, -0.15) is 0 Å². The molecule has 0 atom stereocenters. The highest BCUT2D eigenvalue weighted by Crippen LogP contribution is 2.10. The third kappa shape index (κ3) is 3.43. The lowest BCUT2D eigenvalue weighted by molar-refractivity contribution is 0.0695. The summed E-state index contributed by atoms with van der Waals surface area (Å²) in [7, 11) is 0. The van der Waals surface area contributed by atoms with E-state index in [1.165, 1.54) is 0 Å². The SMILES string of the molecule is CCCCOCc1csc(C(=O)O)n1. The predicted octanol–water partition coefficient (Wildman–Crippen LogP) is 2.16. The van der Waals surface area contributed by atoms with Gasteiger partial charge in [0.1, 0.15) is 0 Å². The van der Waals surface area contributed by atoms with E-state index >= 15 is 0 Å². The van der Waals surface area contributed by atoms with Gasteiger partial charge in [0.05, 0.1) is 12.3 Å². The Hall–Kier alpha value is -0.940. The molecular formula is C9H13NO3S. The molecule has 0 saturated carbocycles.